The molecule has 0 spiro atoms. The summed E-state index contributed by atoms with van der Waals surface area (Å²) in [6.07, 6.45) is 21.8. The van der Waals surface area contributed by atoms with Crippen LogP contribution in [0.1, 0.15) is 105 Å². The second kappa shape index (κ2) is 13.1. The molecule has 0 aromatic rings. The van der Waals surface area contributed by atoms with Crippen molar-refractivity contribution in [1.82, 2.24) is 0 Å². The third-order valence-electron chi connectivity index (χ3n) is 5.50. The monoisotopic (exact) mass is 350 g/mol. The first kappa shape index (κ1) is 22.7. The van der Waals surface area contributed by atoms with Crippen LogP contribution in [0.3, 0.4) is 0 Å². The van der Waals surface area contributed by atoms with Crippen LogP contribution in [0.2, 0.25) is 0 Å². The first-order valence-corrected chi connectivity index (χ1v) is 14.1. The van der Waals surface area contributed by atoms with Crippen LogP contribution in [0, 0.1) is 0 Å². The van der Waals surface area contributed by atoms with E-state index in [2.05, 4.69) is 27.7 Å². The first-order chi connectivity index (χ1) is 10.5. The summed E-state index contributed by atoms with van der Waals surface area (Å²) in [5, 5.41) is 0. The molecule has 0 bridgehead atoms. The van der Waals surface area contributed by atoms with Gasteiger partial charge in [0, 0.05) is 0 Å². The van der Waals surface area contributed by atoms with Crippen molar-refractivity contribution >= 4 is 17.2 Å². The molecule has 0 fully saturated rings. The zero-order valence-corrected chi connectivity index (χ0v) is 17.8. The molecule has 0 nitrogen and oxygen atoms in total. The van der Waals surface area contributed by atoms with E-state index in [9.17, 15) is 0 Å². The summed E-state index contributed by atoms with van der Waals surface area (Å²) in [5.74, 6) is -1.93. The first-order valence-electron chi connectivity index (χ1n) is 10.3. The van der Waals surface area contributed by atoms with Crippen LogP contribution in [0.25, 0.3) is 0 Å². The number of hydrogen-bond acceptors (Lipinski definition) is 0. The second-order valence-electron chi connectivity index (χ2n) is 7.49. The molecule has 0 aliphatic heterocycles. The topological polar surface area (TPSA) is 0 Å². The Kier molecular flexibility index (Phi) is 13.5. The third kappa shape index (κ3) is 9.77. The summed E-state index contributed by atoms with van der Waals surface area (Å²) in [5.41, 5.74) is 0. The molecule has 22 heavy (non-hydrogen) atoms. The molecule has 0 radical (unpaired) electrons. The SMILES string of the molecule is CCCCCCP(Cl)(CC)(CCCCCC)CCCCCC. The summed E-state index contributed by atoms with van der Waals surface area (Å²) in [7, 11) is 0. The predicted molar refractivity (Wildman–Crippen MR) is 110 cm³/mol. The van der Waals surface area contributed by atoms with Crippen molar-refractivity contribution in [2.45, 2.75) is 105 Å². The van der Waals surface area contributed by atoms with Crippen molar-refractivity contribution < 1.29 is 0 Å². The number of hydrogen-bond donors (Lipinski definition) is 0. The molecular formula is C20H44ClP. The van der Waals surface area contributed by atoms with Crippen LogP contribution in [-0.4, -0.2) is 24.6 Å². The molecule has 0 rings (SSSR count). The van der Waals surface area contributed by atoms with Gasteiger partial charge >= 0.3 is 147 Å². The molecule has 0 saturated heterocycles. The minimum atomic E-state index is -1.93. The maximum atomic E-state index is 7.55. The van der Waals surface area contributed by atoms with Crippen molar-refractivity contribution in [2.75, 3.05) is 24.6 Å². The molecule has 0 aliphatic carbocycles. The van der Waals surface area contributed by atoms with Gasteiger partial charge in [0.1, 0.15) is 0 Å². The summed E-state index contributed by atoms with van der Waals surface area (Å²) in [6.45, 7) is 9.30. The van der Waals surface area contributed by atoms with Gasteiger partial charge in [-0.2, -0.15) is 0 Å². The molecule has 0 aromatic heterocycles. The molecule has 0 aliphatic rings. The van der Waals surface area contributed by atoms with E-state index in [1.807, 2.05) is 0 Å². The van der Waals surface area contributed by atoms with Gasteiger partial charge in [0.2, 0.25) is 0 Å². The minimum absolute atomic E-state index is 1.28. The number of halogens is 1. The van der Waals surface area contributed by atoms with Gasteiger partial charge in [0.15, 0.2) is 0 Å². The normalized spacial score (nSPS) is 14.0. The fourth-order valence-corrected chi connectivity index (χ4v) is 9.35. The molecule has 0 heterocycles. The average Bonchev–Trinajstić information content (AvgIpc) is 2.53. The molecule has 0 amide bonds. The van der Waals surface area contributed by atoms with Crippen LogP contribution < -0.4 is 0 Å². The summed E-state index contributed by atoms with van der Waals surface area (Å²) >= 11 is 7.55. The molecule has 2 heteroatoms. The van der Waals surface area contributed by atoms with E-state index in [1.165, 1.54) is 102 Å². The Balaban J connectivity index is 4.56. The van der Waals surface area contributed by atoms with Crippen molar-refractivity contribution in [3.8, 4) is 0 Å². The quantitative estimate of drug-likeness (QED) is 0.193. The Morgan fingerprint density at radius 1 is 0.500 bits per heavy atom. The van der Waals surface area contributed by atoms with E-state index in [-0.39, 0.29) is 0 Å². The van der Waals surface area contributed by atoms with E-state index in [0.29, 0.717) is 0 Å². The average molecular weight is 351 g/mol. The van der Waals surface area contributed by atoms with Gasteiger partial charge in [-0.25, -0.2) is 0 Å². The van der Waals surface area contributed by atoms with Gasteiger partial charge in [0.25, 0.3) is 0 Å². The molecule has 0 N–H and O–H groups in total. The van der Waals surface area contributed by atoms with Gasteiger partial charge in [-0.3, -0.25) is 0 Å². The predicted octanol–water partition coefficient (Wildman–Crippen LogP) is 8.45. The molecule has 0 aromatic carbocycles. The van der Waals surface area contributed by atoms with Crippen molar-refractivity contribution in [2.24, 2.45) is 0 Å². The Morgan fingerprint density at radius 3 is 1.05 bits per heavy atom. The Hall–Kier alpha value is 0.720. The van der Waals surface area contributed by atoms with E-state index < -0.39 is 5.96 Å². The number of unbranched alkanes of at least 4 members (excludes halogenated alkanes) is 9. The Labute approximate surface area is 146 Å². The molecule has 0 atom stereocenters. The molecular weight excluding hydrogens is 307 g/mol. The molecule has 136 valence electrons. The Morgan fingerprint density at radius 2 is 0.818 bits per heavy atom. The summed E-state index contributed by atoms with van der Waals surface area (Å²) in [6, 6.07) is 0. The molecule has 0 saturated carbocycles. The van der Waals surface area contributed by atoms with E-state index in [1.54, 1.807) is 0 Å². The van der Waals surface area contributed by atoms with E-state index in [0.717, 1.165) is 0 Å². The van der Waals surface area contributed by atoms with E-state index in [4.69, 9.17) is 11.2 Å². The van der Waals surface area contributed by atoms with Crippen molar-refractivity contribution in [3.05, 3.63) is 0 Å². The molecule has 0 unspecified atom stereocenters. The van der Waals surface area contributed by atoms with Crippen molar-refractivity contribution in [3.63, 3.8) is 0 Å². The zero-order chi connectivity index (χ0) is 16.8. The maximum absolute atomic E-state index is 7.55. The standard InChI is InChI=1S/C20H44ClP/c1-5-9-12-15-18-22(21,8-4,19-16-13-10-6-2)20-17-14-11-7-3/h5-20H2,1-4H3. The Bertz CT molecular complexity index is 218. The summed E-state index contributed by atoms with van der Waals surface area (Å²) < 4.78 is 0. The van der Waals surface area contributed by atoms with Crippen LogP contribution in [-0.2, 0) is 0 Å². The van der Waals surface area contributed by atoms with Crippen LogP contribution in [0.4, 0.5) is 0 Å². The van der Waals surface area contributed by atoms with E-state index >= 15 is 0 Å². The zero-order valence-electron chi connectivity index (χ0n) is 16.1. The van der Waals surface area contributed by atoms with Crippen LogP contribution in [0.5, 0.6) is 0 Å². The van der Waals surface area contributed by atoms with Crippen LogP contribution in [0.15, 0.2) is 0 Å². The van der Waals surface area contributed by atoms with Gasteiger partial charge in [0.05, 0.1) is 0 Å². The van der Waals surface area contributed by atoms with Gasteiger partial charge in [-0.05, 0) is 0 Å². The third-order valence-corrected chi connectivity index (χ3v) is 13.6. The van der Waals surface area contributed by atoms with Gasteiger partial charge < -0.3 is 0 Å². The summed E-state index contributed by atoms with van der Waals surface area (Å²) in [4.78, 5) is 0. The van der Waals surface area contributed by atoms with Gasteiger partial charge in [-0.15, -0.1) is 0 Å². The van der Waals surface area contributed by atoms with Crippen LogP contribution >= 0.6 is 17.2 Å². The fourth-order valence-electron chi connectivity index (χ4n) is 3.61. The van der Waals surface area contributed by atoms with Crippen molar-refractivity contribution in [1.29, 1.82) is 0 Å². The second-order valence-corrected chi connectivity index (χ2v) is 16.0. The fraction of sp³-hybridized carbons (Fsp3) is 1.00. The van der Waals surface area contributed by atoms with Gasteiger partial charge in [-0.1, -0.05) is 0 Å². The number of rotatable bonds is 16.